The van der Waals surface area contributed by atoms with E-state index in [1.807, 2.05) is 24.3 Å². The average Bonchev–Trinajstić information content (AvgIpc) is 2.89. The van der Waals surface area contributed by atoms with Crippen LogP contribution in [0.4, 0.5) is 0 Å². The van der Waals surface area contributed by atoms with Crippen LogP contribution in [0.5, 0.6) is 0 Å². The Bertz CT molecular complexity index is 297. The van der Waals surface area contributed by atoms with Crippen LogP contribution in [0.15, 0.2) is 36.0 Å². The molecule has 0 aromatic rings. The molecule has 0 aromatic heterocycles. The van der Waals surface area contributed by atoms with Crippen molar-refractivity contribution in [2.24, 2.45) is 11.8 Å². The Hall–Kier alpha value is -1.29. The minimum Gasteiger partial charge on any atom is -0.197 e. The quantitative estimate of drug-likeness (QED) is 0.574. The molecule has 0 spiro atoms. The molecule has 2 aliphatic carbocycles. The fraction of sp³-hybridized carbons (Fsp3) is 0.364. The SMILES string of the molecule is N#CC1C=CC=CC1=CC1CC1. The zero-order chi connectivity index (χ0) is 8.39. The molecule has 0 N–H and O–H groups in total. The van der Waals surface area contributed by atoms with Gasteiger partial charge in [0.05, 0.1) is 12.0 Å². The largest absolute Gasteiger partial charge is 0.197 e. The van der Waals surface area contributed by atoms with Gasteiger partial charge in [0.1, 0.15) is 0 Å². The number of rotatable bonds is 1. The predicted octanol–water partition coefficient (Wildman–Crippen LogP) is 2.59. The van der Waals surface area contributed by atoms with Crippen LogP contribution in [0.1, 0.15) is 12.8 Å². The summed E-state index contributed by atoms with van der Waals surface area (Å²) in [5.41, 5.74) is 1.18. The first kappa shape index (κ1) is 7.36. The number of nitriles is 1. The lowest BCUT2D eigenvalue weighted by Crippen LogP contribution is -1.98. The van der Waals surface area contributed by atoms with E-state index in [0.717, 1.165) is 5.92 Å². The van der Waals surface area contributed by atoms with Crippen molar-refractivity contribution in [1.29, 1.82) is 5.26 Å². The summed E-state index contributed by atoms with van der Waals surface area (Å²) in [5, 5.41) is 8.82. The topological polar surface area (TPSA) is 23.8 Å². The molecule has 2 aliphatic rings. The summed E-state index contributed by atoms with van der Waals surface area (Å²) in [4.78, 5) is 0. The first-order valence-corrected chi connectivity index (χ1v) is 4.36. The molecule has 0 radical (unpaired) electrons. The Labute approximate surface area is 72.7 Å². The van der Waals surface area contributed by atoms with Crippen LogP contribution < -0.4 is 0 Å². The summed E-state index contributed by atoms with van der Waals surface area (Å²) in [7, 11) is 0. The van der Waals surface area contributed by atoms with Crippen LogP contribution in [-0.2, 0) is 0 Å². The third-order valence-electron chi connectivity index (χ3n) is 2.25. The molecule has 2 rings (SSSR count). The van der Waals surface area contributed by atoms with E-state index in [0.29, 0.717) is 0 Å². The van der Waals surface area contributed by atoms with Crippen LogP contribution in [0.3, 0.4) is 0 Å². The van der Waals surface area contributed by atoms with Crippen molar-refractivity contribution in [3.8, 4) is 6.07 Å². The van der Waals surface area contributed by atoms with Gasteiger partial charge in [-0.2, -0.15) is 5.26 Å². The first-order valence-electron chi connectivity index (χ1n) is 4.36. The van der Waals surface area contributed by atoms with Crippen molar-refractivity contribution >= 4 is 0 Å². The molecule has 0 bridgehead atoms. The zero-order valence-corrected chi connectivity index (χ0v) is 6.90. The van der Waals surface area contributed by atoms with E-state index in [1.165, 1.54) is 18.4 Å². The molecule has 1 fully saturated rings. The monoisotopic (exact) mass is 157 g/mol. The molecule has 1 saturated carbocycles. The maximum atomic E-state index is 8.82. The normalized spacial score (nSPS) is 30.6. The van der Waals surface area contributed by atoms with Crippen LogP contribution >= 0.6 is 0 Å². The molecule has 0 saturated heterocycles. The van der Waals surface area contributed by atoms with Gasteiger partial charge in [-0.1, -0.05) is 30.4 Å². The van der Waals surface area contributed by atoms with Crippen LogP contribution in [0.25, 0.3) is 0 Å². The molecule has 12 heavy (non-hydrogen) atoms. The molecule has 60 valence electrons. The molecule has 1 nitrogen and oxygen atoms in total. The van der Waals surface area contributed by atoms with E-state index in [2.05, 4.69) is 12.1 Å². The van der Waals surface area contributed by atoms with Gasteiger partial charge in [-0.15, -0.1) is 0 Å². The Morgan fingerprint density at radius 1 is 1.42 bits per heavy atom. The highest BCUT2D eigenvalue weighted by molar-refractivity contribution is 5.38. The molecule has 1 heteroatoms. The van der Waals surface area contributed by atoms with Crippen LogP contribution in [0.2, 0.25) is 0 Å². The maximum Gasteiger partial charge on any atom is 0.0893 e. The molecule has 1 atom stereocenters. The Morgan fingerprint density at radius 2 is 2.25 bits per heavy atom. The number of hydrogen-bond donors (Lipinski definition) is 0. The molecular formula is C11H11N. The Balaban J connectivity index is 2.17. The van der Waals surface area contributed by atoms with Crippen molar-refractivity contribution in [3.05, 3.63) is 36.0 Å². The lowest BCUT2D eigenvalue weighted by Gasteiger charge is -2.07. The number of hydrogen-bond acceptors (Lipinski definition) is 1. The zero-order valence-electron chi connectivity index (χ0n) is 6.90. The Morgan fingerprint density at radius 3 is 2.92 bits per heavy atom. The second-order valence-corrected chi connectivity index (χ2v) is 3.35. The van der Waals surface area contributed by atoms with Gasteiger partial charge < -0.3 is 0 Å². The Kier molecular flexibility index (Phi) is 1.83. The van der Waals surface area contributed by atoms with Gasteiger partial charge >= 0.3 is 0 Å². The van der Waals surface area contributed by atoms with Crippen molar-refractivity contribution in [2.45, 2.75) is 12.8 Å². The maximum absolute atomic E-state index is 8.82. The van der Waals surface area contributed by atoms with Gasteiger partial charge in [0.2, 0.25) is 0 Å². The van der Waals surface area contributed by atoms with Gasteiger partial charge in [0.15, 0.2) is 0 Å². The lowest BCUT2D eigenvalue weighted by molar-refractivity contribution is 0.969. The third-order valence-corrected chi connectivity index (χ3v) is 2.25. The van der Waals surface area contributed by atoms with E-state index >= 15 is 0 Å². The summed E-state index contributed by atoms with van der Waals surface area (Å²) in [6.07, 6.45) is 12.8. The van der Waals surface area contributed by atoms with Crippen LogP contribution in [0, 0.1) is 23.2 Å². The van der Waals surface area contributed by atoms with Gasteiger partial charge in [0.25, 0.3) is 0 Å². The summed E-state index contributed by atoms with van der Waals surface area (Å²) in [6.45, 7) is 0. The summed E-state index contributed by atoms with van der Waals surface area (Å²) in [6, 6.07) is 2.28. The lowest BCUT2D eigenvalue weighted by atomic mass is 9.95. The predicted molar refractivity (Wildman–Crippen MR) is 48.2 cm³/mol. The second-order valence-electron chi connectivity index (χ2n) is 3.35. The van der Waals surface area contributed by atoms with E-state index in [-0.39, 0.29) is 5.92 Å². The summed E-state index contributed by atoms with van der Waals surface area (Å²) >= 11 is 0. The average molecular weight is 157 g/mol. The molecule has 0 aliphatic heterocycles. The van der Waals surface area contributed by atoms with E-state index < -0.39 is 0 Å². The molecule has 0 amide bonds. The summed E-state index contributed by atoms with van der Waals surface area (Å²) < 4.78 is 0. The van der Waals surface area contributed by atoms with Gasteiger partial charge in [-0.25, -0.2) is 0 Å². The highest BCUT2D eigenvalue weighted by Crippen LogP contribution is 2.33. The summed E-state index contributed by atoms with van der Waals surface area (Å²) in [5.74, 6) is 0.752. The van der Waals surface area contributed by atoms with Gasteiger partial charge in [0, 0.05) is 0 Å². The van der Waals surface area contributed by atoms with E-state index in [9.17, 15) is 0 Å². The van der Waals surface area contributed by atoms with Gasteiger partial charge in [-0.05, 0) is 24.3 Å². The smallest absolute Gasteiger partial charge is 0.0893 e. The number of allylic oxidation sites excluding steroid dienone is 6. The van der Waals surface area contributed by atoms with Crippen LogP contribution in [-0.4, -0.2) is 0 Å². The number of nitrogens with zero attached hydrogens (tertiary/aromatic N) is 1. The highest BCUT2D eigenvalue weighted by atomic mass is 14.3. The molecule has 0 heterocycles. The minimum atomic E-state index is -0.00407. The van der Waals surface area contributed by atoms with E-state index in [4.69, 9.17) is 5.26 Å². The van der Waals surface area contributed by atoms with Crippen molar-refractivity contribution in [2.75, 3.05) is 0 Å². The second kappa shape index (κ2) is 2.98. The fourth-order valence-corrected chi connectivity index (χ4v) is 1.37. The van der Waals surface area contributed by atoms with Crippen molar-refractivity contribution in [3.63, 3.8) is 0 Å². The van der Waals surface area contributed by atoms with Crippen molar-refractivity contribution in [1.82, 2.24) is 0 Å². The minimum absolute atomic E-state index is 0.00407. The third kappa shape index (κ3) is 1.48. The first-order chi connectivity index (χ1) is 5.90. The fourth-order valence-electron chi connectivity index (χ4n) is 1.37. The van der Waals surface area contributed by atoms with E-state index in [1.54, 1.807) is 0 Å². The molecular weight excluding hydrogens is 146 g/mol. The van der Waals surface area contributed by atoms with Crippen molar-refractivity contribution < 1.29 is 0 Å². The molecule has 0 aromatic carbocycles. The molecule has 1 unspecified atom stereocenters. The highest BCUT2D eigenvalue weighted by Gasteiger charge is 2.21. The van der Waals surface area contributed by atoms with Gasteiger partial charge in [-0.3, -0.25) is 0 Å². The standard InChI is InChI=1S/C11H11N/c12-8-11-4-2-1-3-10(11)7-9-5-6-9/h1-4,7,9,11H,5-6H2.